The first-order valence-electron chi connectivity index (χ1n) is 4.09. The fourth-order valence-corrected chi connectivity index (χ4v) is 1.57. The van der Waals surface area contributed by atoms with E-state index in [1.165, 1.54) is 12.2 Å². The molecule has 2 aliphatic rings. The molecule has 1 fully saturated rings. The fraction of sp³-hybridized carbons (Fsp3) is 0.333. The SMILES string of the molecule is O=C1C=C2NCC(CO)C2=CC1=O. The van der Waals surface area contributed by atoms with Crippen LogP contribution >= 0.6 is 0 Å². The standard InChI is InChI=1S/C9H9NO3/c11-4-5-3-10-7-2-9(13)8(12)1-6(5)7/h1-2,5,10-11H,3-4H2. The Morgan fingerprint density at radius 2 is 2.08 bits per heavy atom. The van der Waals surface area contributed by atoms with E-state index in [4.69, 9.17) is 5.11 Å². The normalized spacial score (nSPS) is 26.4. The zero-order valence-electron chi connectivity index (χ0n) is 6.91. The van der Waals surface area contributed by atoms with Gasteiger partial charge in [0.1, 0.15) is 0 Å². The molecule has 4 heteroatoms. The Bertz CT molecular complexity index is 341. The van der Waals surface area contributed by atoms with Gasteiger partial charge in [0.2, 0.25) is 11.6 Å². The zero-order valence-corrected chi connectivity index (χ0v) is 6.91. The zero-order chi connectivity index (χ0) is 9.42. The van der Waals surface area contributed by atoms with Gasteiger partial charge in [-0.25, -0.2) is 0 Å². The predicted octanol–water partition coefficient (Wildman–Crippen LogP) is -0.840. The molecule has 1 aliphatic heterocycles. The van der Waals surface area contributed by atoms with Crippen molar-refractivity contribution in [2.24, 2.45) is 5.92 Å². The molecule has 1 unspecified atom stereocenters. The van der Waals surface area contributed by atoms with Gasteiger partial charge in [0, 0.05) is 24.2 Å². The average molecular weight is 179 g/mol. The van der Waals surface area contributed by atoms with Crippen LogP contribution in [0.5, 0.6) is 0 Å². The Morgan fingerprint density at radius 1 is 1.38 bits per heavy atom. The van der Waals surface area contributed by atoms with Crippen LogP contribution in [0.4, 0.5) is 0 Å². The molecule has 0 radical (unpaired) electrons. The lowest BCUT2D eigenvalue weighted by molar-refractivity contribution is -0.131. The van der Waals surface area contributed by atoms with Crippen molar-refractivity contribution in [3.8, 4) is 0 Å². The molecule has 0 aromatic carbocycles. The average Bonchev–Trinajstić information content (AvgIpc) is 2.48. The summed E-state index contributed by atoms with van der Waals surface area (Å²) >= 11 is 0. The van der Waals surface area contributed by atoms with Gasteiger partial charge in [0.25, 0.3) is 0 Å². The van der Waals surface area contributed by atoms with Gasteiger partial charge < -0.3 is 10.4 Å². The van der Waals surface area contributed by atoms with Crippen LogP contribution in [-0.4, -0.2) is 29.8 Å². The van der Waals surface area contributed by atoms with E-state index in [9.17, 15) is 9.59 Å². The highest BCUT2D eigenvalue weighted by atomic mass is 16.3. The van der Waals surface area contributed by atoms with Crippen LogP contribution in [0.15, 0.2) is 23.4 Å². The van der Waals surface area contributed by atoms with Gasteiger partial charge >= 0.3 is 0 Å². The van der Waals surface area contributed by atoms with Crippen molar-refractivity contribution < 1.29 is 14.7 Å². The van der Waals surface area contributed by atoms with Crippen LogP contribution in [0, 0.1) is 5.92 Å². The number of fused-ring (bicyclic) bond motifs is 1. The monoisotopic (exact) mass is 179 g/mol. The third-order valence-electron chi connectivity index (χ3n) is 2.32. The first-order chi connectivity index (χ1) is 6.22. The molecule has 2 N–H and O–H groups in total. The van der Waals surface area contributed by atoms with E-state index >= 15 is 0 Å². The first-order valence-corrected chi connectivity index (χ1v) is 4.09. The number of hydrogen-bond donors (Lipinski definition) is 2. The van der Waals surface area contributed by atoms with Gasteiger partial charge in [-0.15, -0.1) is 0 Å². The maximum Gasteiger partial charge on any atom is 0.227 e. The molecule has 68 valence electrons. The smallest absolute Gasteiger partial charge is 0.227 e. The van der Waals surface area contributed by atoms with E-state index < -0.39 is 11.6 Å². The molecule has 1 atom stereocenters. The highest BCUT2D eigenvalue weighted by molar-refractivity contribution is 6.46. The minimum atomic E-state index is -0.499. The molecule has 0 amide bonds. The van der Waals surface area contributed by atoms with Crippen molar-refractivity contribution in [3.05, 3.63) is 23.4 Å². The molecule has 1 aliphatic carbocycles. The van der Waals surface area contributed by atoms with Gasteiger partial charge in [-0.1, -0.05) is 0 Å². The van der Waals surface area contributed by atoms with Gasteiger partial charge in [0.05, 0.1) is 6.61 Å². The second-order valence-corrected chi connectivity index (χ2v) is 3.15. The van der Waals surface area contributed by atoms with Crippen LogP contribution in [0.3, 0.4) is 0 Å². The second-order valence-electron chi connectivity index (χ2n) is 3.15. The lowest BCUT2D eigenvalue weighted by Gasteiger charge is -2.09. The van der Waals surface area contributed by atoms with E-state index in [2.05, 4.69) is 5.32 Å². The summed E-state index contributed by atoms with van der Waals surface area (Å²) in [7, 11) is 0. The maximum absolute atomic E-state index is 11.0. The van der Waals surface area contributed by atoms with Gasteiger partial charge in [-0.3, -0.25) is 9.59 Å². The Kier molecular flexibility index (Phi) is 1.77. The molecular weight excluding hydrogens is 170 g/mol. The van der Waals surface area contributed by atoms with Crippen molar-refractivity contribution in [1.82, 2.24) is 5.32 Å². The number of carbonyl (C=O) groups excluding carboxylic acids is 2. The minimum Gasteiger partial charge on any atom is -0.396 e. The largest absolute Gasteiger partial charge is 0.396 e. The quantitative estimate of drug-likeness (QED) is 0.407. The Hall–Kier alpha value is -1.42. The van der Waals surface area contributed by atoms with Crippen LogP contribution in [0.1, 0.15) is 0 Å². The highest BCUT2D eigenvalue weighted by Gasteiger charge is 2.30. The molecule has 0 saturated carbocycles. The van der Waals surface area contributed by atoms with Crippen molar-refractivity contribution in [1.29, 1.82) is 0 Å². The lowest BCUT2D eigenvalue weighted by atomic mass is 9.95. The van der Waals surface area contributed by atoms with Crippen LogP contribution < -0.4 is 5.32 Å². The lowest BCUT2D eigenvalue weighted by Crippen LogP contribution is -2.17. The molecule has 1 heterocycles. The second kappa shape index (κ2) is 2.81. The maximum atomic E-state index is 11.0. The minimum absolute atomic E-state index is 0.00234. The van der Waals surface area contributed by atoms with E-state index in [1.807, 2.05) is 0 Å². The molecule has 4 nitrogen and oxygen atoms in total. The number of hydrogen-bond acceptors (Lipinski definition) is 4. The summed E-state index contributed by atoms with van der Waals surface area (Å²) in [6.07, 6.45) is 2.62. The van der Waals surface area contributed by atoms with E-state index in [1.54, 1.807) is 0 Å². The van der Waals surface area contributed by atoms with Crippen LogP contribution in [0.25, 0.3) is 0 Å². The Labute approximate surface area is 74.9 Å². The summed E-state index contributed by atoms with van der Waals surface area (Å²) in [5.74, 6) is -1.05. The molecule has 0 spiro atoms. The highest BCUT2D eigenvalue weighted by Crippen LogP contribution is 2.26. The number of ketones is 2. The third-order valence-corrected chi connectivity index (χ3v) is 2.32. The first kappa shape index (κ1) is 8.19. The number of carbonyl (C=O) groups is 2. The molecule has 1 saturated heterocycles. The number of aliphatic hydroxyl groups is 1. The van der Waals surface area contributed by atoms with E-state index in [0.29, 0.717) is 12.2 Å². The number of rotatable bonds is 1. The van der Waals surface area contributed by atoms with E-state index in [-0.39, 0.29) is 12.5 Å². The molecule has 2 rings (SSSR count). The number of allylic oxidation sites excluding steroid dienone is 3. The fourth-order valence-electron chi connectivity index (χ4n) is 1.57. The Morgan fingerprint density at radius 3 is 2.77 bits per heavy atom. The van der Waals surface area contributed by atoms with Gasteiger partial charge in [-0.2, -0.15) is 0 Å². The van der Waals surface area contributed by atoms with Crippen molar-refractivity contribution in [3.63, 3.8) is 0 Å². The molecule has 13 heavy (non-hydrogen) atoms. The molecular formula is C9H9NO3. The summed E-state index contributed by atoms with van der Waals surface area (Å²) in [4.78, 5) is 22.0. The summed E-state index contributed by atoms with van der Waals surface area (Å²) in [5, 5.41) is 11.9. The van der Waals surface area contributed by atoms with Crippen LogP contribution in [0.2, 0.25) is 0 Å². The topological polar surface area (TPSA) is 66.4 Å². The van der Waals surface area contributed by atoms with Crippen LogP contribution in [-0.2, 0) is 9.59 Å². The summed E-state index contributed by atoms with van der Waals surface area (Å²) in [5.41, 5.74) is 1.44. The summed E-state index contributed by atoms with van der Waals surface area (Å²) < 4.78 is 0. The van der Waals surface area contributed by atoms with Crippen molar-refractivity contribution in [2.45, 2.75) is 0 Å². The molecule has 0 aromatic rings. The summed E-state index contributed by atoms with van der Waals surface area (Å²) in [6.45, 7) is 0.590. The van der Waals surface area contributed by atoms with Crippen molar-refractivity contribution in [2.75, 3.05) is 13.2 Å². The molecule has 0 bridgehead atoms. The third kappa shape index (κ3) is 1.19. The molecule has 0 aromatic heterocycles. The Balaban J connectivity index is 2.37. The predicted molar refractivity (Wildman–Crippen MR) is 44.8 cm³/mol. The van der Waals surface area contributed by atoms with E-state index in [0.717, 1.165) is 5.57 Å². The van der Waals surface area contributed by atoms with Gasteiger partial charge in [0.15, 0.2) is 0 Å². The van der Waals surface area contributed by atoms with Crippen molar-refractivity contribution >= 4 is 11.6 Å². The van der Waals surface area contributed by atoms with Gasteiger partial charge in [-0.05, 0) is 11.6 Å². The number of nitrogens with one attached hydrogen (secondary N) is 1. The summed E-state index contributed by atoms with van der Waals surface area (Å²) in [6, 6.07) is 0. The number of aliphatic hydroxyl groups excluding tert-OH is 1.